The van der Waals surface area contributed by atoms with Gasteiger partial charge in [0.15, 0.2) is 0 Å². The number of carboxylic acids is 1. The number of carboxylic acid groups (broad SMARTS) is 1. The lowest BCUT2D eigenvalue weighted by atomic mass is 9.86. The van der Waals surface area contributed by atoms with Crippen LogP contribution < -0.4 is 0 Å². The van der Waals surface area contributed by atoms with Gasteiger partial charge in [-0.1, -0.05) is 33.3 Å². The molecule has 0 saturated heterocycles. The first kappa shape index (κ1) is 11.2. The summed E-state index contributed by atoms with van der Waals surface area (Å²) < 4.78 is 0. The van der Waals surface area contributed by atoms with E-state index < -0.39 is 5.97 Å². The van der Waals surface area contributed by atoms with Crippen molar-refractivity contribution in [3.05, 3.63) is 11.6 Å². The standard InChI is InChI=1S/C10H18O2/c1-5-10(3,4)7-6-8(2)9(11)12/h6H,5,7H2,1-4H3,(H,11,12). The minimum Gasteiger partial charge on any atom is -0.478 e. The Labute approximate surface area is 74.3 Å². The summed E-state index contributed by atoms with van der Waals surface area (Å²) in [5, 5.41) is 8.58. The molecule has 0 atom stereocenters. The zero-order valence-corrected chi connectivity index (χ0v) is 8.35. The van der Waals surface area contributed by atoms with E-state index in [4.69, 9.17) is 5.11 Å². The van der Waals surface area contributed by atoms with Crippen molar-refractivity contribution in [2.75, 3.05) is 0 Å². The van der Waals surface area contributed by atoms with Gasteiger partial charge in [0.1, 0.15) is 0 Å². The van der Waals surface area contributed by atoms with Crippen molar-refractivity contribution < 1.29 is 9.90 Å². The molecule has 2 nitrogen and oxygen atoms in total. The Bertz CT molecular complexity index is 190. The maximum atomic E-state index is 10.4. The van der Waals surface area contributed by atoms with Gasteiger partial charge < -0.3 is 5.11 Å². The predicted molar refractivity (Wildman–Crippen MR) is 50.1 cm³/mol. The third kappa shape index (κ3) is 4.16. The van der Waals surface area contributed by atoms with Gasteiger partial charge in [0, 0.05) is 5.57 Å². The van der Waals surface area contributed by atoms with Gasteiger partial charge in [-0.05, 0) is 18.8 Å². The molecule has 0 aliphatic rings. The Kier molecular flexibility index (Phi) is 4.01. The monoisotopic (exact) mass is 170 g/mol. The molecule has 0 aliphatic carbocycles. The highest BCUT2D eigenvalue weighted by Crippen LogP contribution is 2.25. The van der Waals surface area contributed by atoms with E-state index in [2.05, 4.69) is 20.8 Å². The van der Waals surface area contributed by atoms with Crippen molar-refractivity contribution in [3.8, 4) is 0 Å². The van der Waals surface area contributed by atoms with E-state index in [1.54, 1.807) is 13.0 Å². The molecule has 0 aromatic heterocycles. The molecular weight excluding hydrogens is 152 g/mol. The van der Waals surface area contributed by atoms with Gasteiger partial charge in [0.25, 0.3) is 0 Å². The first-order chi connectivity index (χ1) is 5.39. The van der Waals surface area contributed by atoms with Crippen LogP contribution in [0.15, 0.2) is 11.6 Å². The summed E-state index contributed by atoms with van der Waals surface area (Å²) in [6, 6.07) is 0. The Morgan fingerprint density at radius 3 is 2.33 bits per heavy atom. The summed E-state index contributed by atoms with van der Waals surface area (Å²) >= 11 is 0. The van der Waals surface area contributed by atoms with Crippen molar-refractivity contribution in [3.63, 3.8) is 0 Å². The number of allylic oxidation sites excluding steroid dienone is 1. The third-order valence-electron chi connectivity index (χ3n) is 2.26. The van der Waals surface area contributed by atoms with E-state index in [9.17, 15) is 4.79 Å². The number of rotatable bonds is 4. The van der Waals surface area contributed by atoms with Crippen LogP contribution in [-0.2, 0) is 4.79 Å². The molecule has 0 amide bonds. The van der Waals surface area contributed by atoms with Gasteiger partial charge in [-0.25, -0.2) is 4.79 Å². The fourth-order valence-corrected chi connectivity index (χ4v) is 0.661. The summed E-state index contributed by atoms with van der Waals surface area (Å²) in [6.45, 7) is 8.02. The Morgan fingerprint density at radius 1 is 1.50 bits per heavy atom. The van der Waals surface area contributed by atoms with Gasteiger partial charge >= 0.3 is 5.97 Å². The lowest BCUT2D eigenvalue weighted by molar-refractivity contribution is -0.132. The van der Waals surface area contributed by atoms with Gasteiger partial charge in [-0.15, -0.1) is 0 Å². The first-order valence-corrected chi connectivity index (χ1v) is 4.29. The SMILES string of the molecule is CCC(C)(C)CC=C(C)C(=O)O. The largest absolute Gasteiger partial charge is 0.478 e. The summed E-state index contributed by atoms with van der Waals surface area (Å²) in [7, 11) is 0. The van der Waals surface area contributed by atoms with Gasteiger partial charge in [0.05, 0.1) is 0 Å². The number of carbonyl (C=O) groups is 1. The second kappa shape index (κ2) is 4.29. The molecule has 0 aromatic rings. The smallest absolute Gasteiger partial charge is 0.330 e. The molecule has 0 saturated carbocycles. The van der Waals surface area contributed by atoms with Crippen LogP contribution >= 0.6 is 0 Å². The van der Waals surface area contributed by atoms with Crippen LogP contribution in [0.2, 0.25) is 0 Å². The quantitative estimate of drug-likeness (QED) is 0.659. The fourth-order valence-electron chi connectivity index (χ4n) is 0.661. The molecule has 1 N–H and O–H groups in total. The van der Waals surface area contributed by atoms with E-state index >= 15 is 0 Å². The van der Waals surface area contributed by atoms with Gasteiger partial charge in [-0.2, -0.15) is 0 Å². The van der Waals surface area contributed by atoms with Crippen LogP contribution in [-0.4, -0.2) is 11.1 Å². The molecular formula is C10H18O2. The maximum Gasteiger partial charge on any atom is 0.330 e. The Morgan fingerprint density at radius 2 is 2.00 bits per heavy atom. The second-order valence-electron chi connectivity index (χ2n) is 3.91. The van der Waals surface area contributed by atoms with Crippen LogP contribution in [0, 0.1) is 5.41 Å². The summed E-state index contributed by atoms with van der Waals surface area (Å²) in [5.41, 5.74) is 0.660. The van der Waals surface area contributed by atoms with E-state index in [-0.39, 0.29) is 5.41 Å². The average molecular weight is 170 g/mol. The molecule has 0 radical (unpaired) electrons. The van der Waals surface area contributed by atoms with Crippen molar-refractivity contribution in [1.29, 1.82) is 0 Å². The zero-order valence-electron chi connectivity index (χ0n) is 8.35. The van der Waals surface area contributed by atoms with E-state index in [0.29, 0.717) is 5.57 Å². The third-order valence-corrected chi connectivity index (χ3v) is 2.26. The Balaban J connectivity index is 4.13. The molecule has 0 spiro atoms. The van der Waals surface area contributed by atoms with Crippen molar-refractivity contribution in [1.82, 2.24) is 0 Å². The average Bonchev–Trinajstić information content (AvgIpc) is 2.00. The highest BCUT2D eigenvalue weighted by atomic mass is 16.4. The molecule has 0 fully saturated rings. The van der Waals surface area contributed by atoms with Gasteiger partial charge in [0.2, 0.25) is 0 Å². The zero-order chi connectivity index (χ0) is 9.78. The van der Waals surface area contributed by atoms with Crippen molar-refractivity contribution >= 4 is 5.97 Å². The number of hydrogen-bond acceptors (Lipinski definition) is 1. The number of aliphatic carboxylic acids is 1. The van der Waals surface area contributed by atoms with Gasteiger partial charge in [-0.3, -0.25) is 0 Å². The first-order valence-electron chi connectivity index (χ1n) is 4.29. The minimum absolute atomic E-state index is 0.219. The summed E-state index contributed by atoms with van der Waals surface area (Å²) in [6.07, 6.45) is 3.70. The predicted octanol–water partition coefficient (Wildman–Crippen LogP) is 2.84. The van der Waals surface area contributed by atoms with Crippen LogP contribution in [0.25, 0.3) is 0 Å². The van der Waals surface area contributed by atoms with Crippen LogP contribution in [0.1, 0.15) is 40.5 Å². The molecule has 2 heteroatoms. The molecule has 12 heavy (non-hydrogen) atoms. The van der Waals surface area contributed by atoms with E-state index in [1.807, 2.05) is 0 Å². The van der Waals surface area contributed by atoms with E-state index in [1.165, 1.54) is 0 Å². The summed E-state index contributed by atoms with van der Waals surface area (Å²) in [4.78, 5) is 10.4. The lowest BCUT2D eigenvalue weighted by Gasteiger charge is -2.20. The molecule has 0 aromatic carbocycles. The van der Waals surface area contributed by atoms with Crippen LogP contribution in [0.3, 0.4) is 0 Å². The maximum absolute atomic E-state index is 10.4. The normalized spacial score (nSPS) is 13.2. The minimum atomic E-state index is -0.818. The number of hydrogen-bond donors (Lipinski definition) is 1. The fraction of sp³-hybridized carbons (Fsp3) is 0.700. The highest BCUT2D eigenvalue weighted by molar-refractivity contribution is 5.85. The van der Waals surface area contributed by atoms with E-state index in [0.717, 1.165) is 12.8 Å². The summed E-state index contributed by atoms with van der Waals surface area (Å²) in [5.74, 6) is -0.818. The Hall–Kier alpha value is -0.790. The van der Waals surface area contributed by atoms with Crippen LogP contribution in [0.4, 0.5) is 0 Å². The molecule has 0 aliphatic heterocycles. The van der Waals surface area contributed by atoms with Crippen molar-refractivity contribution in [2.45, 2.75) is 40.5 Å². The lowest BCUT2D eigenvalue weighted by Crippen LogP contribution is -2.08. The highest BCUT2D eigenvalue weighted by Gasteiger charge is 2.13. The molecule has 0 rings (SSSR count). The molecule has 0 unspecified atom stereocenters. The topological polar surface area (TPSA) is 37.3 Å². The second-order valence-corrected chi connectivity index (χ2v) is 3.91. The molecule has 0 heterocycles. The van der Waals surface area contributed by atoms with Crippen molar-refractivity contribution in [2.24, 2.45) is 5.41 Å². The van der Waals surface area contributed by atoms with Crippen LogP contribution in [0.5, 0.6) is 0 Å². The molecule has 0 bridgehead atoms. The molecule has 70 valence electrons.